The minimum Gasteiger partial charge on any atom is -0.497 e. The van der Waals surface area contributed by atoms with Gasteiger partial charge in [0.1, 0.15) is 17.5 Å². The summed E-state index contributed by atoms with van der Waals surface area (Å²) in [5.74, 6) is 0.742. The van der Waals surface area contributed by atoms with Crippen molar-refractivity contribution >= 4 is 23.4 Å². The highest BCUT2D eigenvalue weighted by molar-refractivity contribution is 6.30. The van der Waals surface area contributed by atoms with Gasteiger partial charge in [0.05, 0.1) is 7.11 Å². The van der Waals surface area contributed by atoms with Crippen LogP contribution >= 0.6 is 11.6 Å². The van der Waals surface area contributed by atoms with E-state index in [2.05, 4.69) is 5.32 Å². The summed E-state index contributed by atoms with van der Waals surface area (Å²) in [6, 6.07) is 13.5. The zero-order valence-corrected chi connectivity index (χ0v) is 17.9. The second kappa shape index (κ2) is 10.7. The first kappa shape index (κ1) is 22.6. The van der Waals surface area contributed by atoms with Crippen LogP contribution < -0.4 is 14.8 Å². The van der Waals surface area contributed by atoms with Gasteiger partial charge in [-0.25, -0.2) is 0 Å². The van der Waals surface area contributed by atoms with Crippen molar-refractivity contribution in [1.82, 2.24) is 10.2 Å². The number of amides is 2. The molecule has 0 aliphatic carbocycles. The number of hydrogen-bond acceptors (Lipinski definition) is 4. The van der Waals surface area contributed by atoms with E-state index in [4.69, 9.17) is 21.1 Å². The Labute approximate surface area is 176 Å². The topological polar surface area (TPSA) is 67.9 Å². The summed E-state index contributed by atoms with van der Waals surface area (Å²) in [5.41, 5.74) is 0.872. The molecule has 1 atom stereocenters. The smallest absolute Gasteiger partial charge is 0.261 e. The molecule has 29 heavy (non-hydrogen) atoms. The van der Waals surface area contributed by atoms with Crippen LogP contribution in [0.25, 0.3) is 0 Å². The number of benzene rings is 2. The third-order valence-electron chi connectivity index (χ3n) is 4.29. The van der Waals surface area contributed by atoms with Crippen molar-refractivity contribution in [2.24, 2.45) is 0 Å². The molecule has 0 fully saturated rings. The molecule has 7 heteroatoms. The maximum absolute atomic E-state index is 12.9. The monoisotopic (exact) mass is 418 g/mol. The van der Waals surface area contributed by atoms with Crippen molar-refractivity contribution in [2.45, 2.75) is 39.4 Å². The van der Waals surface area contributed by atoms with Gasteiger partial charge in [-0.15, -0.1) is 0 Å². The van der Waals surface area contributed by atoms with Crippen molar-refractivity contribution in [3.8, 4) is 11.5 Å². The lowest BCUT2D eigenvalue weighted by Gasteiger charge is -2.29. The average Bonchev–Trinajstić information content (AvgIpc) is 2.71. The van der Waals surface area contributed by atoms with E-state index in [0.29, 0.717) is 16.5 Å². The van der Waals surface area contributed by atoms with Crippen LogP contribution in [-0.4, -0.2) is 42.5 Å². The number of nitrogens with zero attached hydrogens (tertiary/aromatic N) is 1. The summed E-state index contributed by atoms with van der Waals surface area (Å²) >= 11 is 5.95. The van der Waals surface area contributed by atoms with E-state index < -0.39 is 6.04 Å². The predicted molar refractivity (Wildman–Crippen MR) is 113 cm³/mol. The summed E-state index contributed by atoms with van der Waals surface area (Å²) in [6.07, 6.45) is 0. The highest BCUT2D eigenvalue weighted by atomic mass is 35.5. The molecule has 0 unspecified atom stereocenters. The number of ether oxygens (including phenoxy) is 2. The summed E-state index contributed by atoms with van der Waals surface area (Å²) in [7, 11) is 1.58. The fraction of sp³-hybridized carbons (Fsp3) is 0.364. The number of rotatable bonds is 9. The van der Waals surface area contributed by atoms with E-state index in [9.17, 15) is 9.59 Å². The van der Waals surface area contributed by atoms with Crippen LogP contribution in [0.15, 0.2) is 48.5 Å². The second-order valence-corrected chi connectivity index (χ2v) is 7.39. The quantitative estimate of drug-likeness (QED) is 0.674. The van der Waals surface area contributed by atoms with Crippen molar-refractivity contribution in [2.75, 3.05) is 13.7 Å². The molecule has 0 aromatic heterocycles. The molecule has 0 bridgehead atoms. The van der Waals surface area contributed by atoms with Crippen LogP contribution in [0.2, 0.25) is 5.02 Å². The number of halogens is 1. The number of nitrogens with one attached hydrogen (secondary N) is 1. The minimum absolute atomic E-state index is 0.0204. The van der Waals surface area contributed by atoms with Gasteiger partial charge in [0.2, 0.25) is 5.91 Å². The molecule has 0 saturated carbocycles. The van der Waals surface area contributed by atoms with E-state index in [0.717, 1.165) is 5.56 Å². The van der Waals surface area contributed by atoms with Gasteiger partial charge in [-0.3, -0.25) is 9.59 Å². The molecule has 0 saturated heterocycles. The predicted octanol–water partition coefficient (Wildman–Crippen LogP) is 3.67. The first-order chi connectivity index (χ1) is 13.8. The van der Waals surface area contributed by atoms with Gasteiger partial charge in [0, 0.05) is 17.6 Å². The van der Waals surface area contributed by atoms with Gasteiger partial charge in [-0.2, -0.15) is 0 Å². The third-order valence-corrected chi connectivity index (χ3v) is 4.54. The number of carbonyl (C=O) groups excluding carboxylic acids is 2. The summed E-state index contributed by atoms with van der Waals surface area (Å²) < 4.78 is 10.7. The fourth-order valence-electron chi connectivity index (χ4n) is 2.67. The van der Waals surface area contributed by atoms with Crippen LogP contribution in [-0.2, 0) is 16.1 Å². The summed E-state index contributed by atoms with van der Waals surface area (Å²) in [5, 5.41) is 3.46. The Morgan fingerprint density at radius 1 is 1.00 bits per heavy atom. The van der Waals surface area contributed by atoms with E-state index in [-0.39, 0.29) is 31.0 Å². The molecule has 0 spiro atoms. The van der Waals surface area contributed by atoms with Crippen LogP contribution in [0, 0.1) is 0 Å². The molecule has 0 aliphatic rings. The van der Waals surface area contributed by atoms with Crippen LogP contribution in [0.3, 0.4) is 0 Å². The standard InChI is InChI=1S/C22H27ClN2O4/c1-15(2)24-22(27)16(3)25(13-17-5-7-18(23)8-6-17)21(26)14-29-20-11-9-19(28-4)10-12-20/h5-12,15-16H,13-14H2,1-4H3,(H,24,27)/t16-/m1/s1. The Morgan fingerprint density at radius 3 is 2.14 bits per heavy atom. The lowest BCUT2D eigenvalue weighted by atomic mass is 10.1. The van der Waals surface area contributed by atoms with Crippen molar-refractivity contribution in [1.29, 1.82) is 0 Å². The zero-order chi connectivity index (χ0) is 21.4. The minimum atomic E-state index is -0.653. The molecule has 0 aliphatic heterocycles. The molecule has 1 N–H and O–H groups in total. The Balaban J connectivity index is 2.11. The molecule has 2 aromatic carbocycles. The van der Waals surface area contributed by atoms with E-state index >= 15 is 0 Å². The van der Waals surface area contributed by atoms with Gasteiger partial charge in [0.15, 0.2) is 6.61 Å². The largest absolute Gasteiger partial charge is 0.497 e. The second-order valence-electron chi connectivity index (χ2n) is 6.95. The fourth-order valence-corrected chi connectivity index (χ4v) is 2.80. The molecule has 6 nitrogen and oxygen atoms in total. The zero-order valence-electron chi connectivity index (χ0n) is 17.1. The normalized spacial score (nSPS) is 11.7. The molecular weight excluding hydrogens is 392 g/mol. The highest BCUT2D eigenvalue weighted by Crippen LogP contribution is 2.18. The molecular formula is C22H27ClN2O4. The van der Waals surface area contributed by atoms with Crippen molar-refractivity contribution in [3.05, 3.63) is 59.1 Å². The maximum Gasteiger partial charge on any atom is 0.261 e. The van der Waals surface area contributed by atoms with E-state index in [1.165, 1.54) is 4.90 Å². The molecule has 2 aromatic rings. The Kier molecular flexibility index (Phi) is 8.34. The van der Waals surface area contributed by atoms with Gasteiger partial charge in [-0.1, -0.05) is 23.7 Å². The van der Waals surface area contributed by atoms with Gasteiger partial charge in [-0.05, 0) is 62.7 Å². The van der Waals surface area contributed by atoms with Gasteiger partial charge < -0.3 is 19.7 Å². The molecule has 0 radical (unpaired) electrons. The first-order valence-electron chi connectivity index (χ1n) is 9.41. The average molecular weight is 419 g/mol. The molecule has 2 rings (SSSR count). The number of hydrogen-bond donors (Lipinski definition) is 1. The Morgan fingerprint density at radius 2 is 1.59 bits per heavy atom. The summed E-state index contributed by atoms with van der Waals surface area (Å²) in [6.45, 7) is 5.55. The number of carbonyl (C=O) groups is 2. The molecule has 156 valence electrons. The number of methoxy groups -OCH3 is 1. The van der Waals surface area contributed by atoms with Crippen LogP contribution in [0.5, 0.6) is 11.5 Å². The van der Waals surface area contributed by atoms with Gasteiger partial charge in [0.25, 0.3) is 5.91 Å². The molecule has 0 heterocycles. The highest BCUT2D eigenvalue weighted by Gasteiger charge is 2.26. The lowest BCUT2D eigenvalue weighted by Crippen LogP contribution is -2.50. The lowest BCUT2D eigenvalue weighted by molar-refractivity contribution is -0.142. The molecule has 2 amide bonds. The van der Waals surface area contributed by atoms with Crippen LogP contribution in [0.1, 0.15) is 26.3 Å². The van der Waals surface area contributed by atoms with E-state index in [1.54, 1.807) is 50.4 Å². The Bertz CT molecular complexity index is 807. The van der Waals surface area contributed by atoms with Gasteiger partial charge >= 0.3 is 0 Å². The van der Waals surface area contributed by atoms with Crippen LogP contribution in [0.4, 0.5) is 0 Å². The first-order valence-corrected chi connectivity index (χ1v) is 9.79. The summed E-state index contributed by atoms with van der Waals surface area (Å²) in [4.78, 5) is 26.9. The third kappa shape index (κ3) is 6.98. The SMILES string of the molecule is COc1ccc(OCC(=O)N(Cc2ccc(Cl)cc2)[C@H](C)C(=O)NC(C)C)cc1. The van der Waals surface area contributed by atoms with Crippen molar-refractivity contribution < 1.29 is 19.1 Å². The Hall–Kier alpha value is -2.73. The van der Waals surface area contributed by atoms with Crippen molar-refractivity contribution in [3.63, 3.8) is 0 Å². The maximum atomic E-state index is 12.9. The van der Waals surface area contributed by atoms with E-state index in [1.807, 2.05) is 26.0 Å².